The van der Waals surface area contributed by atoms with Crippen LogP contribution < -0.4 is 0 Å². The summed E-state index contributed by atoms with van der Waals surface area (Å²) in [6.07, 6.45) is 4.43. The molecule has 0 aliphatic carbocycles. The molecular weight excluding hydrogens is 316 g/mol. The van der Waals surface area contributed by atoms with Crippen LogP contribution in [-0.4, -0.2) is 58.7 Å². The van der Waals surface area contributed by atoms with E-state index in [1.807, 2.05) is 0 Å². The highest BCUT2D eigenvalue weighted by atomic mass is 16.7. The number of ether oxygens (including phenoxy) is 1. The SMILES string of the molecule is CON1C(C)(C)CC(OC2CC(C)(C)N(OC)C(C)(C)C2)CC1(C)C. The van der Waals surface area contributed by atoms with Crippen molar-refractivity contribution in [1.82, 2.24) is 10.1 Å². The Kier molecular flexibility index (Phi) is 5.70. The van der Waals surface area contributed by atoms with Crippen LogP contribution in [0.1, 0.15) is 81.1 Å². The van der Waals surface area contributed by atoms with Crippen LogP contribution in [0.2, 0.25) is 0 Å². The highest BCUT2D eigenvalue weighted by Crippen LogP contribution is 2.43. The summed E-state index contributed by atoms with van der Waals surface area (Å²) in [7, 11) is 3.55. The maximum absolute atomic E-state index is 6.70. The number of rotatable bonds is 4. The molecule has 2 saturated heterocycles. The van der Waals surface area contributed by atoms with Gasteiger partial charge >= 0.3 is 0 Å². The first kappa shape index (κ1) is 21.1. The van der Waals surface area contributed by atoms with E-state index in [2.05, 4.69) is 65.5 Å². The minimum absolute atomic E-state index is 0.0422. The Bertz CT molecular complexity index is 396. The molecule has 0 aromatic heterocycles. The lowest BCUT2D eigenvalue weighted by atomic mass is 9.78. The van der Waals surface area contributed by atoms with E-state index in [1.54, 1.807) is 14.2 Å². The lowest BCUT2D eigenvalue weighted by Gasteiger charge is -2.56. The Hall–Kier alpha value is -0.200. The van der Waals surface area contributed by atoms with Crippen molar-refractivity contribution >= 4 is 0 Å². The molecular formula is C20H40N2O3. The van der Waals surface area contributed by atoms with Crippen LogP contribution in [0.3, 0.4) is 0 Å². The summed E-state index contributed by atoms with van der Waals surface area (Å²) < 4.78 is 6.70. The number of hydroxylamine groups is 4. The molecule has 0 atom stereocenters. The molecule has 0 N–H and O–H groups in total. The molecule has 0 bridgehead atoms. The van der Waals surface area contributed by atoms with Crippen molar-refractivity contribution < 1.29 is 14.4 Å². The zero-order chi connectivity index (χ0) is 19.3. The first-order valence-electron chi connectivity index (χ1n) is 9.59. The van der Waals surface area contributed by atoms with Gasteiger partial charge in [0.05, 0.1) is 26.4 Å². The normalized spacial score (nSPS) is 30.5. The largest absolute Gasteiger partial charge is 0.375 e. The monoisotopic (exact) mass is 356 g/mol. The summed E-state index contributed by atoms with van der Waals surface area (Å²) in [4.78, 5) is 11.4. The van der Waals surface area contributed by atoms with Crippen molar-refractivity contribution in [3.63, 3.8) is 0 Å². The van der Waals surface area contributed by atoms with Gasteiger partial charge in [0, 0.05) is 22.2 Å². The number of hydrogen-bond acceptors (Lipinski definition) is 5. The molecule has 0 aromatic carbocycles. The molecule has 5 heteroatoms. The van der Waals surface area contributed by atoms with Gasteiger partial charge in [0.25, 0.3) is 0 Å². The van der Waals surface area contributed by atoms with Gasteiger partial charge in [0.15, 0.2) is 0 Å². The number of piperidine rings is 2. The van der Waals surface area contributed by atoms with Crippen LogP contribution in [0, 0.1) is 0 Å². The molecule has 25 heavy (non-hydrogen) atoms. The lowest BCUT2D eigenvalue weighted by Crippen LogP contribution is -2.64. The Labute approximate surface area is 154 Å². The smallest absolute Gasteiger partial charge is 0.0615 e. The predicted octanol–water partition coefficient (Wildman–Crippen LogP) is 4.17. The van der Waals surface area contributed by atoms with E-state index in [0.717, 1.165) is 25.7 Å². The zero-order valence-electron chi connectivity index (χ0n) is 18.1. The summed E-state index contributed by atoms with van der Waals surface area (Å²) in [6, 6.07) is 0. The molecule has 5 nitrogen and oxygen atoms in total. The summed E-state index contributed by atoms with van der Waals surface area (Å²) in [6.45, 7) is 18.0. The Balaban J connectivity index is 2.12. The van der Waals surface area contributed by atoms with Crippen LogP contribution in [-0.2, 0) is 14.4 Å². The third-order valence-corrected chi connectivity index (χ3v) is 5.86. The second kappa shape index (κ2) is 6.75. The zero-order valence-corrected chi connectivity index (χ0v) is 18.1. The standard InChI is InChI=1S/C20H40N2O3/c1-17(2)11-15(12-18(3,4)21(17)23-9)25-16-13-19(5,6)22(24-10)20(7,8)14-16/h15-16H,11-14H2,1-10H3. The van der Waals surface area contributed by atoms with Gasteiger partial charge in [0.1, 0.15) is 0 Å². The molecule has 148 valence electrons. The highest BCUT2D eigenvalue weighted by Gasteiger charge is 2.50. The third kappa shape index (κ3) is 4.22. The Morgan fingerprint density at radius 1 is 0.560 bits per heavy atom. The van der Waals surface area contributed by atoms with Crippen molar-refractivity contribution in [3.8, 4) is 0 Å². The van der Waals surface area contributed by atoms with Gasteiger partial charge in [-0.2, -0.15) is 10.1 Å². The van der Waals surface area contributed by atoms with Crippen molar-refractivity contribution in [3.05, 3.63) is 0 Å². The molecule has 2 heterocycles. The average Bonchev–Trinajstić information content (AvgIpc) is 2.32. The Morgan fingerprint density at radius 3 is 1.00 bits per heavy atom. The van der Waals surface area contributed by atoms with E-state index in [0.29, 0.717) is 0 Å². The van der Waals surface area contributed by atoms with E-state index in [1.165, 1.54) is 0 Å². The van der Waals surface area contributed by atoms with Gasteiger partial charge in [-0.25, -0.2) is 0 Å². The van der Waals surface area contributed by atoms with Crippen LogP contribution in [0.25, 0.3) is 0 Å². The van der Waals surface area contributed by atoms with E-state index < -0.39 is 0 Å². The summed E-state index contributed by atoms with van der Waals surface area (Å²) in [5, 5.41) is 4.28. The van der Waals surface area contributed by atoms with E-state index in [9.17, 15) is 0 Å². The molecule has 0 saturated carbocycles. The molecule has 2 fully saturated rings. The van der Waals surface area contributed by atoms with Gasteiger partial charge in [-0.3, -0.25) is 0 Å². The molecule has 0 spiro atoms. The van der Waals surface area contributed by atoms with E-state index >= 15 is 0 Å². The van der Waals surface area contributed by atoms with Crippen molar-refractivity contribution in [2.24, 2.45) is 0 Å². The van der Waals surface area contributed by atoms with E-state index in [-0.39, 0.29) is 34.4 Å². The van der Waals surface area contributed by atoms with Gasteiger partial charge in [-0.05, 0) is 81.1 Å². The van der Waals surface area contributed by atoms with Gasteiger partial charge in [-0.15, -0.1) is 0 Å². The molecule has 2 aliphatic rings. The third-order valence-electron chi connectivity index (χ3n) is 5.86. The van der Waals surface area contributed by atoms with Crippen molar-refractivity contribution in [2.45, 2.75) is 115 Å². The maximum atomic E-state index is 6.70. The molecule has 0 unspecified atom stereocenters. The first-order chi connectivity index (χ1) is 11.2. The van der Waals surface area contributed by atoms with Crippen LogP contribution in [0.4, 0.5) is 0 Å². The minimum Gasteiger partial charge on any atom is -0.375 e. The van der Waals surface area contributed by atoms with Crippen LogP contribution >= 0.6 is 0 Å². The second-order valence-corrected chi connectivity index (χ2v) is 10.4. The number of nitrogens with zero attached hydrogens (tertiary/aromatic N) is 2. The molecule has 0 radical (unpaired) electrons. The van der Waals surface area contributed by atoms with Crippen LogP contribution in [0.15, 0.2) is 0 Å². The topological polar surface area (TPSA) is 34.2 Å². The summed E-state index contributed by atoms with van der Waals surface area (Å²) in [5.41, 5.74) is -0.169. The van der Waals surface area contributed by atoms with Gasteiger partial charge in [-0.1, -0.05) is 0 Å². The second-order valence-electron chi connectivity index (χ2n) is 10.4. The predicted molar refractivity (Wildman–Crippen MR) is 101 cm³/mol. The molecule has 0 aromatic rings. The maximum Gasteiger partial charge on any atom is 0.0615 e. The van der Waals surface area contributed by atoms with Gasteiger partial charge in [0.2, 0.25) is 0 Å². The van der Waals surface area contributed by atoms with Crippen molar-refractivity contribution in [1.29, 1.82) is 0 Å². The quantitative estimate of drug-likeness (QED) is 0.755. The summed E-state index contributed by atoms with van der Waals surface area (Å²) >= 11 is 0. The first-order valence-corrected chi connectivity index (χ1v) is 9.59. The highest BCUT2D eigenvalue weighted by molar-refractivity contribution is 5.00. The molecule has 2 aliphatic heterocycles. The minimum atomic E-state index is -0.0422. The number of hydrogen-bond donors (Lipinski definition) is 0. The fourth-order valence-electron chi connectivity index (χ4n) is 5.80. The molecule has 0 amide bonds. The Morgan fingerprint density at radius 2 is 0.800 bits per heavy atom. The average molecular weight is 357 g/mol. The fourth-order valence-corrected chi connectivity index (χ4v) is 5.80. The van der Waals surface area contributed by atoms with Gasteiger partial charge < -0.3 is 14.4 Å². The van der Waals surface area contributed by atoms with Crippen molar-refractivity contribution in [2.75, 3.05) is 14.2 Å². The fraction of sp³-hybridized carbons (Fsp3) is 1.00. The van der Waals surface area contributed by atoms with E-state index in [4.69, 9.17) is 14.4 Å². The lowest BCUT2D eigenvalue weighted by molar-refractivity contribution is -0.300. The van der Waals surface area contributed by atoms with Crippen LogP contribution in [0.5, 0.6) is 0 Å². The molecule has 2 rings (SSSR count). The summed E-state index contributed by atoms with van der Waals surface area (Å²) in [5.74, 6) is 0.